The summed E-state index contributed by atoms with van der Waals surface area (Å²) in [5.41, 5.74) is 3.56. The molecule has 8 nitrogen and oxygen atoms in total. The van der Waals surface area contributed by atoms with Gasteiger partial charge in [-0.2, -0.15) is 0 Å². The molecule has 0 unspecified atom stereocenters. The van der Waals surface area contributed by atoms with Crippen LogP contribution in [0.2, 0.25) is 0 Å². The molecule has 1 saturated heterocycles. The maximum absolute atomic E-state index is 12.5. The summed E-state index contributed by atoms with van der Waals surface area (Å²) in [5, 5.41) is 10.7. The molecule has 0 atom stereocenters. The van der Waals surface area contributed by atoms with Crippen LogP contribution in [0.15, 0.2) is 22.6 Å². The Morgan fingerprint density at radius 3 is 2.57 bits per heavy atom. The Morgan fingerprint density at radius 1 is 1.14 bits per heavy atom. The fraction of sp³-hybridized carbons (Fsp3) is 0.526. The Hall–Kier alpha value is -2.26. The fourth-order valence-electron chi connectivity index (χ4n) is 3.91. The standard InChI is InChI=1S/C19H24N4O4S/c1-28(25,26)23-10-8-14(9-11-23)17(24)20-19-22-21-18(27-19)16-7-6-13-4-2-3-5-15(13)12-16/h6-7,12,14H,2-5,8-11H2,1H3,(H,20,22,24). The molecule has 28 heavy (non-hydrogen) atoms. The zero-order valence-corrected chi connectivity index (χ0v) is 16.7. The molecule has 1 aliphatic carbocycles. The molecule has 0 radical (unpaired) electrons. The number of carbonyl (C=O) groups excluding carboxylic acids is 1. The fourth-order valence-corrected chi connectivity index (χ4v) is 4.79. The maximum atomic E-state index is 12.5. The van der Waals surface area contributed by atoms with Crippen molar-refractivity contribution in [1.29, 1.82) is 0 Å². The van der Waals surface area contributed by atoms with Gasteiger partial charge in [-0.25, -0.2) is 12.7 Å². The highest BCUT2D eigenvalue weighted by Crippen LogP contribution is 2.28. The lowest BCUT2D eigenvalue weighted by molar-refractivity contribution is -0.121. The molecule has 1 N–H and O–H groups in total. The zero-order chi connectivity index (χ0) is 19.7. The number of hydrogen-bond donors (Lipinski definition) is 1. The number of fused-ring (bicyclic) bond motifs is 1. The molecule has 0 bridgehead atoms. The van der Waals surface area contributed by atoms with Gasteiger partial charge < -0.3 is 4.42 Å². The number of rotatable bonds is 4. The van der Waals surface area contributed by atoms with E-state index >= 15 is 0 Å². The second kappa shape index (κ2) is 7.63. The van der Waals surface area contributed by atoms with Gasteiger partial charge in [-0.3, -0.25) is 10.1 Å². The van der Waals surface area contributed by atoms with Crippen LogP contribution in [0, 0.1) is 5.92 Å². The number of nitrogens with one attached hydrogen (secondary N) is 1. The van der Waals surface area contributed by atoms with E-state index in [1.165, 1.54) is 34.5 Å². The third kappa shape index (κ3) is 4.10. The van der Waals surface area contributed by atoms with Crippen molar-refractivity contribution in [3.8, 4) is 11.5 Å². The number of benzene rings is 1. The normalized spacial score (nSPS) is 18.6. The Balaban J connectivity index is 1.39. The summed E-state index contributed by atoms with van der Waals surface area (Å²) < 4.78 is 30.2. The Bertz CT molecular complexity index is 978. The molecule has 2 aromatic rings. The van der Waals surface area contributed by atoms with Crippen LogP contribution >= 0.6 is 0 Å². The van der Waals surface area contributed by atoms with Crippen molar-refractivity contribution >= 4 is 21.9 Å². The number of nitrogens with zero attached hydrogens (tertiary/aromatic N) is 3. The summed E-state index contributed by atoms with van der Waals surface area (Å²) in [6.07, 6.45) is 6.74. The van der Waals surface area contributed by atoms with Crippen LogP contribution in [0.3, 0.4) is 0 Å². The van der Waals surface area contributed by atoms with Gasteiger partial charge in [0.15, 0.2) is 0 Å². The van der Waals surface area contributed by atoms with Gasteiger partial charge in [-0.1, -0.05) is 11.2 Å². The molecular formula is C19H24N4O4S. The van der Waals surface area contributed by atoms with Gasteiger partial charge in [-0.05, 0) is 61.8 Å². The Kier molecular flexibility index (Phi) is 5.20. The first-order valence-corrected chi connectivity index (χ1v) is 11.5. The highest BCUT2D eigenvalue weighted by molar-refractivity contribution is 7.88. The molecule has 1 amide bonds. The number of hydrogen-bond acceptors (Lipinski definition) is 6. The lowest BCUT2D eigenvalue weighted by Gasteiger charge is -2.29. The minimum Gasteiger partial charge on any atom is -0.403 e. The summed E-state index contributed by atoms with van der Waals surface area (Å²) >= 11 is 0. The molecule has 9 heteroatoms. The minimum atomic E-state index is -3.21. The van der Waals surface area contributed by atoms with E-state index in [4.69, 9.17) is 4.42 Å². The van der Waals surface area contributed by atoms with Crippen molar-refractivity contribution in [3.63, 3.8) is 0 Å². The van der Waals surface area contributed by atoms with Gasteiger partial charge >= 0.3 is 6.01 Å². The highest BCUT2D eigenvalue weighted by atomic mass is 32.2. The van der Waals surface area contributed by atoms with E-state index < -0.39 is 10.0 Å². The van der Waals surface area contributed by atoms with Crippen LogP contribution in [0.1, 0.15) is 36.8 Å². The summed E-state index contributed by atoms with van der Waals surface area (Å²) in [4.78, 5) is 12.5. The van der Waals surface area contributed by atoms with Crippen LogP contribution in [-0.4, -0.2) is 48.2 Å². The third-order valence-corrected chi connectivity index (χ3v) is 6.85. The molecule has 1 aliphatic heterocycles. The first-order chi connectivity index (χ1) is 13.4. The molecule has 1 aromatic heterocycles. The molecule has 1 aromatic carbocycles. The third-order valence-electron chi connectivity index (χ3n) is 5.54. The summed E-state index contributed by atoms with van der Waals surface area (Å²) in [7, 11) is -3.21. The van der Waals surface area contributed by atoms with E-state index in [0.29, 0.717) is 31.8 Å². The van der Waals surface area contributed by atoms with Gasteiger partial charge in [0.2, 0.25) is 21.8 Å². The lowest BCUT2D eigenvalue weighted by Crippen LogP contribution is -2.40. The summed E-state index contributed by atoms with van der Waals surface area (Å²) in [6, 6.07) is 6.25. The minimum absolute atomic E-state index is 0.0725. The molecule has 1 fully saturated rings. The molecule has 2 heterocycles. The van der Waals surface area contributed by atoms with E-state index in [-0.39, 0.29) is 17.8 Å². The number of piperidine rings is 1. The average Bonchev–Trinajstić information content (AvgIpc) is 3.15. The zero-order valence-electron chi connectivity index (χ0n) is 15.8. The van der Waals surface area contributed by atoms with E-state index in [9.17, 15) is 13.2 Å². The monoisotopic (exact) mass is 404 g/mol. The predicted octanol–water partition coefficient (Wildman–Crippen LogP) is 2.23. The lowest BCUT2D eigenvalue weighted by atomic mass is 9.90. The van der Waals surface area contributed by atoms with E-state index in [2.05, 4.69) is 27.6 Å². The first-order valence-electron chi connectivity index (χ1n) is 9.62. The van der Waals surface area contributed by atoms with Gasteiger partial charge in [0.25, 0.3) is 0 Å². The molecule has 4 rings (SSSR count). The molecule has 2 aliphatic rings. The topological polar surface area (TPSA) is 105 Å². The van der Waals surface area contributed by atoms with Crippen molar-refractivity contribution in [2.45, 2.75) is 38.5 Å². The first kappa shape index (κ1) is 19.1. The van der Waals surface area contributed by atoms with Crippen LogP contribution in [0.4, 0.5) is 6.01 Å². The quantitative estimate of drug-likeness (QED) is 0.838. The smallest absolute Gasteiger partial charge is 0.322 e. The van der Waals surface area contributed by atoms with Crippen LogP contribution in [0.5, 0.6) is 0 Å². The second-order valence-electron chi connectivity index (χ2n) is 7.53. The molecule has 150 valence electrons. The molecular weight excluding hydrogens is 380 g/mol. The van der Waals surface area contributed by atoms with Crippen molar-refractivity contribution < 1.29 is 17.6 Å². The number of amides is 1. The average molecular weight is 404 g/mol. The largest absolute Gasteiger partial charge is 0.403 e. The van der Waals surface area contributed by atoms with Crippen LogP contribution in [0.25, 0.3) is 11.5 Å². The van der Waals surface area contributed by atoms with Gasteiger partial charge in [0.1, 0.15) is 0 Å². The number of aryl methyl sites for hydroxylation is 2. The van der Waals surface area contributed by atoms with E-state index in [1.54, 1.807) is 0 Å². The van der Waals surface area contributed by atoms with Crippen molar-refractivity contribution in [2.24, 2.45) is 5.92 Å². The van der Waals surface area contributed by atoms with Gasteiger partial charge in [-0.15, -0.1) is 5.10 Å². The van der Waals surface area contributed by atoms with Crippen molar-refractivity contribution in [1.82, 2.24) is 14.5 Å². The summed E-state index contributed by atoms with van der Waals surface area (Å²) in [5.74, 6) is -0.0959. The number of sulfonamides is 1. The summed E-state index contributed by atoms with van der Waals surface area (Å²) in [6.45, 7) is 0.697. The molecule has 0 spiro atoms. The maximum Gasteiger partial charge on any atom is 0.322 e. The SMILES string of the molecule is CS(=O)(=O)N1CCC(C(=O)Nc2nnc(-c3ccc4c(c3)CCCC4)o2)CC1. The number of aromatic nitrogens is 2. The number of anilines is 1. The van der Waals surface area contributed by atoms with Crippen LogP contribution < -0.4 is 5.32 Å². The van der Waals surface area contributed by atoms with Gasteiger partial charge in [0.05, 0.1) is 6.26 Å². The Labute approximate surface area is 164 Å². The Morgan fingerprint density at radius 2 is 1.86 bits per heavy atom. The second-order valence-corrected chi connectivity index (χ2v) is 9.51. The van der Waals surface area contributed by atoms with Gasteiger partial charge in [0, 0.05) is 24.6 Å². The van der Waals surface area contributed by atoms with E-state index in [1.807, 2.05) is 6.07 Å². The molecule has 0 saturated carbocycles. The van der Waals surface area contributed by atoms with Crippen LogP contribution in [-0.2, 0) is 27.7 Å². The predicted molar refractivity (Wildman–Crippen MR) is 104 cm³/mol. The van der Waals surface area contributed by atoms with E-state index in [0.717, 1.165) is 18.4 Å². The highest BCUT2D eigenvalue weighted by Gasteiger charge is 2.29. The van der Waals surface area contributed by atoms with Crippen molar-refractivity contribution in [2.75, 3.05) is 24.7 Å². The van der Waals surface area contributed by atoms with Crippen molar-refractivity contribution in [3.05, 3.63) is 29.3 Å². The number of carbonyl (C=O) groups is 1.